The van der Waals surface area contributed by atoms with Crippen LogP contribution in [-0.2, 0) is 9.09 Å². The summed E-state index contributed by atoms with van der Waals surface area (Å²) >= 11 is 0. The molecule has 0 spiro atoms. The van der Waals surface area contributed by atoms with Crippen molar-refractivity contribution in [3.05, 3.63) is 11.6 Å². The Morgan fingerprint density at radius 1 is 1.77 bits per heavy atom. The number of hydrogen-bond acceptors (Lipinski definition) is 3. The van der Waals surface area contributed by atoms with Gasteiger partial charge in [0.25, 0.3) is 0 Å². The second-order valence-electron chi connectivity index (χ2n) is 3.56. The molecule has 0 aromatic heterocycles. The molecule has 1 aliphatic rings. The average Bonchev–Trinajstić information content (AvgIpc) is 2.43. The van der Waals surface area contributed by atoms with Crippen LogP contribution < -0.4 is 0 Å². The predicted octanol–water partition coefficient (Wildman–Crippen LogP) is 2.01. The standard InChI is InChI=1S/C9H17O3P/c1-3-9(10)6-12-13(11)5-4-8(2)7-13/h4,9-10H,3,5-7H2,1-2H3. The Labute approximate surface area is 79.2 Å². The molecule has 4 heteroatoms. The first-order valence-corrected chi connectivity index (χ1v) is 6.61. The van der Waals surface area contributed by atoms with Crippen molar-refractivity contribution in [2.24, 2.45) is 0 Å². The lowest BCUT2D eigenvalue weighted by atomic mass is 10.3. The Morgan fingerprint density at radius 2 is 2.46 bits per heavy atom. The maximum Gasteiger partial charge on any atom is 0.210 e. The molecule has 1 rings (SSSR count). The van der Waals surface area contributed by atoms with E-state index in [1.165, 1.54) is 0 Å². The Kier molecular flexibility index (Phi) is 3.72. The third kappa shape index (κ3) is 3.26. The third-order valence-electron chi connectivity index (χ3n) is 2.18. The molecule has 13 heavy (non-hydrogen) atoms. The minimum Gasteiger partial charge on any atom is -0.391 e. The number of aliphatic hydroxyl groups is 1. The summed E-state index contributed by atoms with van der Waals surface area (Å²) < 4.78 is 17.1. The van der Waals surface area contributed by atoms with E-state index in [4.69, 9.17) is 4.52 Å². The molecule has 1 N–H and O–H groups in total. The summed E-state index contributed by atoms with van der Waals surface area (Å²) in [5.41, 5.74) is 1.13. The van der Waals surface area contributed by atoms with Crippen LogP contribution in [0.25, 0.3) is 0 Å². The lowest BCUT2D eigenvalue weighted by molar-refractivity contribution is 0.106. The summed E-state index contributed by atoms with van der Waals surface area (Å²) in [5.74, 6) is 0. The maximum atomic E-state index is 11.9. The number of allylic oxidation sites excluding steroid dienone is 2. The molecule has 0 bridgehead atoms. The number of rotatable bonds is 4. The molecule has 0 radical (unpaired) electrons. The second kappa shape index (κ2) is 4.41. The normalized spacial score (nSPS) is 30.2. The van der Waals surface area contributed by atoms with Gasteiger partial charge in [0.05, 0.1) is 12.7 Å². The lowest BCUT2D eigenvalue weighted by Crippen LogP contribution is -2.13. The fourth-order valence-corrected chi connectivity index (χ4v) is 3.49. The van der Waals surface area contributed by atoms with Crippen LogP contribution >= 0.6 is 7.37 Å². The monoisotopic (exact) mass is 204 g/mol. The molecule has 76 valence electrons. The van der Waals surface area contributed by atoms with Crippen molar-refractivity contribution in [1.29, 1.82) is 0 Å². The molecule has 1 aliphatic heterocycles. The average molecular weight is 204 g/mol. The van der Waals surface area contributed by atoms with E-state index in [0.29, 0.717) is 18.7 Å². The highest BCUT2D eigenvalue weighted by atomic mass is 31.2. The first-order valence-electron chi connectivity index (χ1n) is 4.62. The van der Waals surface area contributed by atoms with Crippen LogP contribution in [0.2, 0.25) is 0 Å². The van der Waals surface area contributed by atoms with E-state index in [1.54, 1.807) is 0 Å². The van der Waals surface area contributed by atoms with E-state index in [0.717, 1.165) is 5.57 Å². The molecule has 0 aliphatic carbocycles. The van der Waals surface area contributed by atoms with Gasteiger partial charge in [-0.3, -0.25) is 4.57 Å². The largest absolute Gasteiger partial charge is 0.391 e. The molecule has 0 fully saturated rings. The van der Waals surface area contributed by atoms with E-state index < -0.39 is 13.5 Å². The van der Waals surface area contributed by atoms with Crippen LogP contribution in [0.15, 0.2) is 11.6 Å². The highest BCUT2D eigenvalue weighted by Gasteiger charge is 2.27. The van der Waals surface area contributed by atoms with E-state index in [-0.39, 0.29) is 6.61 Å². The summed E-state index contributed by atoms with van der Waals surface area (Å²) in [4.78, 5) is 0. The van der Waals surface area contributed by atoms with Gasteiger partial charge in [-0.1, -0.05) is 18.6 Å². The summed E-state index contributed by atoms with van der Waals surface area (Å²) in [7, 11) is -2.45. The molecular formula is C9H17O3P. The molecule has 0 aromatic carbocycles. The predicted molar refractivity (Wildman–Crippen MR) is 53.3 cm³/mol. The van der Waals surface area contributed by atoms with Gasteiger partial charge in [0.15, 0.2) is 0 Å². The van der Waals surface area contributed by atoms with Crippen LogP contribution in [0.4, 0.5) is 0 Å². The SMILES string of the molecule is CCC(O)COP1(=O)CC=C(C)C1. The summed E-state index contributed by atoms with van der Waals surface area (Å²) in [6.45, 7) is 4.04. The van der Waals surface area contributed by atoms with Gasteiger partial charge in [0.1, 0.15) is 0 Å². The molecule has 3 nitrogen and oxygen atoms in total. The van der Waals surface area contributed by atoms with E-state index in [2.05, 4.69) is 0 Å². The van der Waals surface area contributed by atoms with Crippen molar-refractivity contribution >= 4 is 7.37 Å². The quantitative estimate of drug-likeness (QED) is 0.562. The summed E-state index contributed by atoms with van der Waals surface area (Å²) in [5, 5.41) is 9.24. The third-order valence-corrected chi connectivity index (χ3v) is 4.52. The van der Waals surface area contributed by atoms with Gasteiger partial charge in [0, 0.05) is 12.3 Å². The Bertz CT molecular complexity index is 247. The molecule has 2 atom stereocenters. The van der Waals surface area contributed by atoms with Crippen molar-refractivity contribution in [2.75, 3.05) is 18.9 Å². The van der Waals surface area contributed by atoms with Gasteiger partial charge in [-0.2, -0.15) is 0 Å². The van der Waals surface area contributed by atoms with Crippen LogP contribution in [0.1, 0.15) is 20.3 Å². The van der Waals surface area contributed by atoms with Gasteiger partial charge >= 0.3 is 0 Å². The zero-order valence-electron chi connectivity index (χ0n) is 8.19. The first kappa shape index (κ1) is 11.0. The Balaban J connectivity index is 2.34. The van der Waals surface area contributed by atoms with Crippen molar-refractivity contribution in [3.63, 3.8) is 0 Å². The van der Waals surface area contributed by atoms with Crippen molar-refractivity contribution in [3.8, 4) is 0 Å². The highest BCUT2D eigenvalue weighted by molar-refractivity contribution is 7.59. The van der Waals surface area contributed by atoms with Crippen LogP contribution in [0.3, 0.4) is 0 Å². The minimum absolute atomic E-state index is 0.203. The number of aliphatic hydroxyl groups excluding tert-OH is 1. The van der Waals surface area contributed by atoms with E-state index in [9.17, 15) is 9.67 Å². The zero-order valence-corrected chi connectivity index (χ0v) is 9.09. The van der Waals surface area contributed by atoms with Crippen LogP contribution in [0, 0.1) is 0 Å². The van der Waals surface area contributed by atoms with Crippen molar-refractivity contribution in [2.45, 2.75) is 26.4 Å². The van der Waals surface area contributed by atoms with Crippen LogP contribution in [0.5, 0.6) is 0 Å². The Hall–Kier alpha value is -0.110. The van der Waals surface area contributed by atoms with Crippen molar-refractivity contribution in [1.82, 2.24) is 0 Å². The maximum absolute atomic E-state index is 11.9. The molecule has 0 saturated carbocycles. The fourth-order valence-electron chi connectivity index (χ4n) is 1.24. The second-order valence-corrected chi connectivity index (χ2v) is 6.13. The van der Waals surface area contributed by atoms with E-state index in [1.807, 2.05) is 19.9 Å². The molecule has 2 unspecified atom stereocenters. The summed E-state index contributed by atoms with van der Waals surface area (Å²) in [6.07, 6.45) is 3.22. The molecule has 0 amide bonds. The molecular weight excluding hydrogens is 187 g/mol. The lowest BCUT2D eigenvalue weighted by Gasteiger charge is -2.15. The smallest absolute Gasteiger partial charge is 0.210 e. The summed E-state index contributed by atoms with van der Waals surface area (Å²) in [6, 6.07) is 0. The van der Waals surface area contributed by atoms with Gasteiger partial charge in [-0.05, 0) is 13.3 Å². The van der Waals surface area contributed by atoms with Gasteiger partial charge in [-0.15, -0.1) is 0 Å². The first-order chi connectivity index (χ1) is 6.06. The Morgan fingerprint density at radius 3 is 2.92 bits per heavy atom. The fraction of sp³-hybridized carbons (Fsp3) is 0.778. The number of hydrogen-bond donors (Lipinski definition) is 1. The molecule has 0 saturated heterocycles. The van der Waals surface area contributed by atoms with E-state index >= 15 is 0 Å². The molecule has 0 aromatic rings. The zero-order chi connectivity index (χ0) is 9.90. The van der Waals surface area contributed by atoms with Gasteiger partial charge in [-0.25, -0.2) is 0 Å². The highest BCUT2D eigenvalue weighted by Crippen LogP contribution is 2.52. The topological polar surface area (TPSA) is 46.5 Å². The molecule has 1 heterocycles. The minimum atomic E-state index is -2.45. The van der Waals surface area contributed by atoms with Crippen LogP contribution in [-0.4, -0.2) is 30.1 Å². The van der Waals surface area contributed by atoms with Gasteiger partial charge in [0.2, 0.25) is 7.37 Å². The van der Waals surface area contributed by atoms with Crippen molar-refractivity contribution < 1.29 is 14.2 Å². The van der Waals surface area contributed by atoms with Gasteiger partial charge < -0.3 is 9.63 Å².